The quantitative estimate of drug-likeness (QED) is 0.412. The van der Waals surface area contributed by atoms with E-state index in [9.17, 15) is 14.7 Å². The number of unbranched alkanes of at least 4 members (excludes halogenated alkanes) is 8. The fraction of sp³-hybridized carbons (Fsp3) is 0.889. The number of carboxylic acid groups (broad SMARTS) is 1. The van der Waals surface area contributed by atoms with Crippen LogP contribution in [0.3, 0.4) is 0 Å². The number of aliphatic hydroxyl groups excluding tert-OH is 1. The highest BCUT2D eigenvalue weighted by Gasteiger charge is 2.10. The Kier molecular flexibility index (Phi) is 14.4. The number of ketones is 1. The molecule has 22 heavy (non-hydrogen) atoms. The zero-order valence-corrected chi connectivity index (χ0v) is 14.2. The van der Waals surface area contributed by atoms with Crippen molar-refractivity contribution >= 4 is 11.8 Å². The fourth-order valence-corrected chi connectivity index (χ4v) is 2.58. The highest BCUT2D eigenvalue weighted by molar-refractivity contribution is 5.78. The van der Waals surface area contributed by atoms with Crippen molar-refractivity contribution in [3.8, 4) is 0 Å². The van der Waals surface area contributed by atoms with Crippen molar-refractivity contribution in [1.29, 1.82) is 0 Å². The maximum Gasteiger partial charge on any atom is 0.303 e. The average molecular weight is 314 g/mol. The molecular weight excluding hydrogens is 280 g/mol. The second kappa shape index (κ2) is 15.0. The number of hydrogen-bond donors (Lipinski definition) is 2. The largest absolute Gasteiger partial charge is 0.481 e. The summed E-state index contributed by atoms with van der Waals surface area (Å²) in [6.07, 6.45) is 11.6. The maximum absolute atomic E-state index is 11.7. The third-order valence-corrected chi connectivity index (χ3v) is 3.95. The van der Waals surface area contributed by atoms with E-state index >= 15 is 0 Å². The van der Waals surface area contributed by atoms with Crippen molar-refractivity contribution in [2.24, 2.45) is 0 Å². The van der Waals surface area contributed by atoms with E-state index in [0.717, 1.165) is 44.9 Å². The Morgan fingerprint density at radius 2 is 1.36 bits per heavy atom. The first-order valence-corrected chi connectivity index (χ1v) is 8.97. The molecule has 4 heteroatoms. The average Bonchev–Trinajstić information content (AvgIpc) is 2.45. The molecule has 0 aromatic rings. The normalized spacial score (nSPS) is 12.3. The highest BCUT2D eigenvalue weighted by Crippen LogP contribution is 2.12. The molecule has 0 amide bonds. The monoisotopic (exact) mass is 314 g/mol. The molecule has 0 aliphatic rings. The molecule has 0 saturated heterocycles. The first-order valence-electron chi connectivity index (χ1n) is 8.97. The molecule has 0 aliphatic carbocycles. The summed E-state index contributed by atoms with van der Waals surface area (Å²) >= 11 is 0. The minimum absolute atomic E-state index is 0.186. The van der Waals surface area contributed by atoms with Crippen LogP contribution < -0.4 is 0 Å². The molecule has 0 rings (SSSR count). The van der Waals surface area contributed by atoms with Gasteiger partial charge in [0.25, 0.3) is 0 Å². The number of carboxylic acids is 1. The summed E-state index contributed by atoms with van der Waals surface area (Å²) in [6, 6.07) is 0. The van der Waals surface area contributed by atoms with Gasteiger partial charge in [0.05, 0.1) is 6.10 Å². The first-order chi connectivity index (χ1) is 10.6. The van der Waals surface area contributed by atoms with Gasteiger partial charge < -0.3 is 10.2 Å². The lowest BCUT2D eigenvalue weighted by Crippen LogP contribution is -2.13. The number of Topliss-reactive ketones (excluding diaryl/α,β-unsaturated/α-hetero) is 1. The molecule has 0 bridgehead atoms. The Morgan fingerprint density at radius 3 is 2.00 bits per heavy atom. The van der Waals surface area contributed by atoms with Crippen LogP contribution in [0.2, 0.25) is 0 Å². The number of aliphatic hydroxyl groups is 1. The van der Waals surface area contributed by atoms with Gasteiger partial charge in [0.1, 0.15) is 5.78 Å². The van der Waals surface area contributed by atoms with Crippen molar-refractivity contribution in [3.05, 3.63) is 0 Å². The minimum Gasteiger partial charge on any atom is -0.481 e. The third kappa shape index (κ3) is 15.5. The number of aliphatic carboxylic acids is 1. The van der Waals surface area contributed by atoms with E-state index in [-0.39, 0.29) is 12.2 Å². The molecule has 0 aliphatic heterocycles. The Morgan fingerprint density at radius 1 is 0.818 bits per heavy atom. The van der Waals surface area contributed by atoms with Gasteiger partial charge in [-0.25, -0.2) is 0 Å². The fourth-order valence-electron chi connectivity index (χ4n) is 2.58. The summed E-state index contributed by atoms with van der Waals surface area (Å²) in [6.45, 7) is 2.17. The van der Waals surface area contributed by atoms with E-state index in [2.05, 4.69) is 6.92 Å². The Balaban J connectivity index is 3.38. The van der Waals surface area contributed by atoms with Crippen LogP contribution in [0.25, 0.3) is 0 Å². The van der Waals surface area contributed by atoms with Crippen molar-refractivity contribution in [3.63, 3.8) is 0 Å². The number of carbonyl (C=O) groups is 2. The molecule has 2 N–H and O–H groups in total. The Hall–Kier alpha value is -0.900. The summed E-state index contributed by atoms with van der Waals surface area (Å²) in [4.78, 5) is 22.1. The zero-order chi connectivity index (χ0) is 16.6. The lowest BCUT2D eigenvalue weighted by atomic mass is 10.0. The van der Waals surface area contributed by atoms with E-state index in [1.807, 2.05) is 0 Å². The van der Waals surface area contributed by atoms with Gasteiger partial charge in [-0.3, -0.25) is 9.59 Å². The van der Waals surface area contributed by atoms with E-state index in [0.29, 0.717) is 19.3 Å². The van der Waals surface area contributed by atoms with Crippen LogP contribution in [0.5, 0.6) is 0 Å². The van der Waals surface area contributed by atoms with Crippen LogP contribution in [-0.2, 0) is 9.59 Å². The molecule has 4 nitrogen and oxygen atoms in total. The molecule has 130 valence electrons. The standard InChI is InChI=1S/C18H34O4/c1-2-3-4-6-9-12-16(19)15-17(20)13-10-7-5-8-11-14-18(21)22/h17,20H,2-15H2,1H3,(H,21,22). The maximum atomic E-state index is 11.7. The van der Waals surface area contributed by atoms with E-state index < -0.39 is 12.1 Å². The van der Waals surface area contributed by atoms with Crippen molar-refractivity contribution < 1.29 is 19.8 Å². The Bertz CT molecular complexity index is 289. The van der Waals surface area contributed by atoms with E-state index in [1.165, 1.54) is 19.3 Å². The summed E-state index contributed by atoms with van der Waals surface area (Å²) in [7, 11) is 0. The summed E-state index contributed by atoms with van der Waals surface area (Å²) in [5, 5.41) is 18.3. The predicted octanol–water partition coefficient (Wildman–Crippen LogP) is 4.48. The molecule has 0 heterocycles. The highest BCUT2D eigenvalue weighted by atomic mass is 16.4. The molecule has 0 fully saturated rings. The van der Waals surface area contributed by atoms with Gasteiger partial charge in [-0.15, -0.1) is 0 Å². The van der Waals surface area contributed by atoms with Gasteiger partial charge in [0.15, 0.2) is 0 Å². The lowest BCUT2D eigenvalue weighted by Gasteiger charge is -2.09. The first kappa shape index (κ1) is 21.1. The molecule has 1 unspecified atom stereocenters. The molecule has 0 radical (unpaired) electrons. The van der Waals surface area contributed by atoms with Crippen LogP contribution in [0.15, 0.2) is 0 Å². The predicted molar refractivity (Wildman–Crippen MR) is 89.0 cm³/mol. The van der Waals surface area contributed by atoms with Gasteiger partial charge in [-0.2, -0.15) is 0 Å². The number of carbonyl (C=O) groups excluding carboxylic acids is 1. The molecule has 1 atom stereocenters. The molecular formula is C18H34O4. The van der Waals surface area contributed by atoms with Crippen molar-refractivity contribution in [2.75, 3.05) is 0 Å². The smallest absolute Gasteiger partial charge is 0.303 e. The van der Waals surface area contributed by atoms with Gasteiger partial charge >= 0.3 is 5.97 Å². The molecule has 0 aromatic carbocycles. The van der Waals surface area contributed by atoms with E-state index in [4.69, 9.17) is 5.11 Å². The van der Waals surface area contributed by atoms with Crippen LogP contribution in [0.1, 0.15) is 96.8 Å². The lowest BCUT2D eigenvalue weighted by molar-refractivity contribution is -0.137. The molecule has 0 saturated carbocycles. The van der Waals surface area contributed by atoms with E-state index in [1.54, 1.807) is 0 Å². The van der Waals surface area contributed by atoms with Crippen LogP contribution >= 0.6 is 0 Å². The van der Waals surface area contributed by atoms with Gasteiger partial charge in [0, 0.05) is 19.3 Å². The van der Waals surface area contributed by atoms with Crippen LogP contribution in [0, 0.1) is 0 Å². The van der Waals surface area contributed by atoms with Crippen LogP contribution in [0.4, 0.5) is 0 Å². The number of rotatable bonds is 16. The summed E-state index contributed by atoms with van der Waals surface area (Å²) < 4.78 is 0. The van der Waals surface area contributed by atoms with Gasteiger partial charge in [0.2, 0.25) is 0 Å². The third-order valence-electron chi connectivity index (χ3n) is 3.95. The molecule has 0 aromatic heterocycles. The second-order valence-electron chi connectivity index (χ2n) is 6.26. The minimum atomic E-state index is -0.733. The zero-order valence-electron chi connectivity index (χ0n) is 14.2. The summed E-state index contributed by atoms with van der Waals surface area (Å²) in [5.74, 6) is -0.547. The van der Waals surface area contributed by atoms with Crippen LogP contribution in [-0.4, -0.2) is 28.1 Å². The van der Waals surface area contributed by atoms with Gasteiger partial charge in [-0.1, -0.05) is 58.3 Å². The summed E-state index contributed by atoms with van der Waals surface area (Å²) in [5.41, 5.74) is 0. The number of hydrogen-bond acceptors (Lipinski definition) is 3. The topological polar surface area (TPSA) is 74.6 Å². The van der Waals surface area contributed by atoms with Crippen molar-refractivity contribution in [2.45, 2.75) is 103 Å². The van der Waals surface area contributed by atoms with Gasteiger partial charge in [-0.05, 0) is 19.3 Å². The second-order valence-corrected chi connectivity index (χ2v) is 6.26. The van der Waals surface area contributed by atoms with Crippen molar-refractivity contribution in [1.82, 2.24) is 0 Å². The SMILES string of the molecule is CCCCCCCC(=O)CC(O)CCCCCCCC(=O)O. The molecule has 0 spiro atoms. The Labute approximate surface area is 135 Å².